The van der Waals surface area contributed by atoms with Gasteiger partial charge in [-0.25, -0.2) is 0 Å². The third-order valence-electron chi connectivity index (χ3n) is 4.25. The summed E-state index contributed by atoms with van der Waals surface area (Å²) < 4.78 is 11.9. The maximum Gasteiger partial charge on any atom is 0.220 e. The molecule has 2 heterocycles. The van der Waals surface area contributed by atoms with Crippen molar-refractivity contribution in [3.63, 3.8) is 0 Å². The van der Waals surface area contributed by atoms with Crippen molar-refractivity contribution in [1.29, 1.82) is 0 Å². The van der Waals surface area contributed by atoms with Gasteiger partial charge in [0.1, 0.15) is 18.0 Å². The largest absolute Gasteiger partial charge is 0.490 e. The summed E-state index contributed by atoms with van der Waals surface area (Å²) >= 11 is 6.00. The predicted octanol–water partition coefficient (Wildman–Crippen LogP) is 2.26. The molecule has 1 aliphatic heterocycles. The average Bonchev–Trinajstić information content (AvgIpc) is 2.61. The number of benzene rings is 1. The predicted molar refractivity (Wildman–Crippen MR) is 99.0 cm³/mol. The van der Waals surface area contributed by atoms with E-state index in [9.17, 15) is 4.79 Å². The smallest absolute Gasteiger partial charge is 0.220 e. The third kappa shape index (κ3) is 5.17. The second-order valence-corrected chi connectivity index (χ2v) is 6.93. The van der Waals surface area contributed by atoms with E-state index in [0.717, 1.165) is 18.7 Å². The molecule has 1 saturated heterocycles. The number of nitrogens with two attached hydrogens (primary N) is 1. The van der Waals surface area contributed by atoms with Crippen molar-refractivity contribution in [2.24, 2.45) is 5.73 Å². The number of carbonyl (C=O) groups excluding carboxylic acids is 1. The van der Waals surface area contributed by atoms with Crippen molar-refractivity contribution < 1.29 is 14.3 Å². The van der Waals surface area contributed by atoms with Gasteiger partial charge < -0.3 is 15.2 Å². The van der Waals surface area contributed by atoms with Gasteiger partial charge in [-0.3, -0.25) is 14.7 Å². The second kappa shape index (κ2) is 8.49. The molecule has 0 aliphatic carbocycles. The summed E-state index contributed by atoms with van der Waals surface area (Å²) in [6.07, 6.45) is 3.68. The van der Waals surface area contributed by atoms with Crippen LogP contribution < -0.4 is 10.5 Å². The number of hydrogen-bond donors (Lipinski definition) is 1. The number of morpholine rings is 1. The van der Waals surface area contributed by atoms with Crippen LogP contribution in [-0.4, -0.2) is 47.7 Å². The van der Waals surface area contributed by atoms with Gasteiger partial charge in [-0.2, -0.15) is 0 Å². The molecule has 0 saturated carbocycles. The van der Waals surface area contributed by atoms with Crippen LogP contribution in [0.25, 0.3) is 0 Å². The first-order valence-corrected chi connectivity index (χ1v) is 8.84. The number of hydrogen-bond acceptors (Lipinski definition) is 5. The maximum absolute atomic E-state index is 11.6. The molecule has 1 unspecified atom stereocenters. The van der Waals surface area contributed by atoms with E-state index in [1.807, 2.05) is 30.5 Å². The van der Waals surface area contributed by atoms with Crippen LogP contribution in [0.15, 0.2) is 48.8 Å². The van der Waals surface area contributed by atoms with E-state index < -0.39 is 11.5 Å². The van der Waals surface area contributed by atoms with Crippen LogP contribution in [0.4, 0.5) is 0 Å². The van der Waals surface area contributed by atoms with Crippen LogP contribution in [0, 0.1) is 0 Å². The number of ether oxygens (including phenoxy) is 2. The highest BCUT2D eigenvalue weighted by molar-refractivity contribution is 6.30. The Kier molecular flexibility index (Phi) is 6.08. The van der Waals surface area contributed by atoms with E-state index >= 15 is 0 Å². The number of nitrogens with zero attached hydrogens (tertiary/aromatic N) is 2. The fourth-order valence-electron chi connectivity index (χ4n) is 3.14. The number of primary amides is 1. The van der Waals surface area contributed by atoms with E-state index in [2.05, 4.69) is 9.88 Å². The van der Waals surface area contributed by atoms with Gasteiger partial charge in [-0.1, -0.05) is 23.7 Å². The molecule has 138 valence electrons. The Morgan fingerprint density at radius 2 is 2.27 bits per heavy atom. The molecule has 2 N–H and O–H groups in total. The number of aromatic nitrogens is 1. The molecule has 1 amide bonds. The first-order valence-electron chi connectivity index (χ1n) is 8.47. The fourth-order valence-corrected chi connectivity index (χ4v) is 3.32. The molecule has 1 aromatic heterocycles. The Balaban J connectivity index is 1.70. The Morgan fingerprint density at radius 1 is 1.38 bits per heavy atom. The zero-order valence-corrected chi connectivity index (χ0v) is 15.2. The number of carbonyl (C=O) groups is 1. The summed E-state index contributed by atoms with van der Waals surface area (Å²) in [5.74, 6) is 0.220. The maximum atomic E-state index is 11.6. The van der Waals surface area contributed by atoms with Crippen LogP contribution in [0.2, 0.25) is 5.02 Å². The quantitative estimate of drug-likeness (QED) is 0.803. The highest BCUT2D eigenvalue weighted by Gasteiger charge is 2.39. The summed E-state index contributed by atoms with van der Waals surface area (Å²) in [7, 11) is 0. The Labute approximate surface area is 157 Å². The van der Waals surface area contributed by atoms with Crippen LogP contribution in [-0.2, 0) is 16.1 Å². The molecule has 7 heteroatoms. The first-order chi connectivity index (χ1) is 12.5. The van der Waals surface area contributed by atoms with Crippen molar-refractivity contribution in [3.8, 4) is 5.75 Å². The monoisotopic (exact) mass is 375 g/mol. The normalized spacial score (nSPS) is 20.7. The summed E-state index contributed by atoms with van der Waals surface area (Å²) in [6.45, 7) is 2.78. The highest BCUT2D eigenvalue weighted by atomic mass is 35.5. The van der Waals surface area contributed by atoms with Crippen molar-refractivity contribution in [1.82, 2.24) is 9.88 Å². The molecule has 0 radical (unpaired) electrons. The van der Waals surface area contributed by atoms with Crippen molar-refractivity contribution >= 4 is 17.5 Å². The van der Waals surface area contributed by atoms with E-state index in [-0.39, 0.29) is 13.0 Å². The molecule has 1 fully saturated rings. The van der Waals surface area contributed by atoms with Crippen LogP contribution in [0.5, 0.6) is 5.75 Å². The van der Waals surface area contributed by atoms with E-state index in [1.54, 1.807) is 18.3 Å². The lowest BCUT2D eigenvalue weighted by molar-refractivity contribution is -0.148. The minimum Gasteiger partial charge on any atom is -0.490 e. The Hall–Kier alpha value is -2.15. The summed E-state index contributed by atoms with van der Waals surface area (Å²) in [6, 6.07) is 11.1. The van der Waals surface area contributed by atoms with Crippen molar-refractivity contribution in [2.75, 3.05) is 26.3 Å². The number of amides is 1. The molecule has 2 aromatic rings. The van der Waals surface area contributed by atoms with Crippen LogP contribution >= 0.6 is 11.6 Å². The SMILES string of the molecule is NC(=O)CC1(COc2cccc(Cl)c2)CN(Cc2cccnc2)CCO1. The summed E-state index contributed by atoms with van der Waals surface area (Å²) in [5.41, 5.74) is 5.80. The van der Waals surface area contributed by atoms with E-state index in [0.29, 0.717) is 23.9 Å². The van der Waals surface area contributed by atoms with Gasteiger partial charge in [-0.15, -0.1) is 0 Å². The lowest BCUT2D eigenvalue weighted by Crippen LogP contribution is -2.56. The number of pyridine rings is 1. The number of rotatable bonds is 7. The van der Waals surface area contributed by atoms with Gasteiger partial charge in [0, 0.05) is 37.1 Å². The molecule has 1 aliphatic rings. The van der Waals surface area contributed by atoms with E-state index in [4.69, 9.17) is 26.8 Å². The zero-order chi connectivity index (χ0) is 18.4. The Morgan fingerprint density at radius 3 is 3.00 bits per heavy atom. The molecule has 0 spiro atoms. The lowest BCUT2D eigenvalue weighted by Gasteiger charge is -2.42. The van der Waals surface area contributed by atoms with Gasteiger partial charge >= 0.3 is 0 Å². The minimum atomic E-state index is -0.783. The van der Waals surface area contributed by atoms with Gasteiger partial charge in [0.05, 0.1) is 13.0 Å². The molecular weight excluding hydrogens is 354 g/mol. The van der Waals surface area contributed by atoms with Crippen LogP contribution in [0.1, 0.15) is 12.0 Å². The first kappa shape index (κ1) is 18.6. The molecule has 3 rings (SSSR count). The van der Waals surface area contributed by atoms with E-state index in [1.165, 1.54) is 0 Å². The Bertz CT molecular complexity index is 744. The molecule has 1 atom stereocenters. The topological polar surface area (TPSA) is 77.7 Å². The molecule has 6 nitrogen and oxygen atoms in total. The van der Waals surface area contributed by atoms with Gasteiger partial charge in [0.25, 0.3) is 0 Å². The zero-order valence-electron chi connectivity index (χ0n) is 14.4. The molecule has 0 bridgehead atoms. The van der Waals surface area contributed by atoms with Gasteiger partial charge in [0.2, 0.25) is 5.91 Å². The molecule has 26 heavy (non-hydrogen) atoms. The minimum absolute atomic E-state index is 0.0944. The average molecular weight is 376 g/mol. The third-order valence-corrected chi connectivity index (χ3v) is 4.49. The number of halogens is 1. The van der Waals surface area contributed by atoms with Crippen LogP contribution in [0.3, 0.4) is 0 Å². The van der Waals surface area contributed by atoms with Crippen molar-refractivity contribution in [3.05, 3.63) is 59.4 Å². The van der Waals surface area contributed by atoms with Gasteiger partial charge in [-0.05, 0) is 29.8 Å². The fraction of sp³-hybridized carbons (Fsp3) is 0.368. The highest BCUT2D eigenvalue weighted by Crippen LogP contribution is 2.26. The standard InChI is InChI=1S/C19H22ClN3O3/c20-16-4-1-5-17(9-16)25-14-19(10-18(21)24)13-23(7-8-26-19)12-15-3-2-6-22-11-15/h1-6,9,11H,7-8,10,12-14H2,(H2,21,24). The second-order valence-electron chi connectivity index (χ2n) is 6.49. The lowest BCUT2D eigenvalue weighted by atomic mass is 9.97. The van der Waals surface area contributed by atoms with Crippen molar-refractivity contribution in [2.45, 2.75) is 18.6 Å². The summed E-state index contributed by atoms with van der Waals surface area (Å²) in [4.78, 5) is 18.0. The molecular formula is C19H22ClN3O3. The van der Waals surface area contributed by atoms with Gasteiger partial charge in [0.15, 0.2) is 0 Å². The summed E-state index contributed by atoms with van der Waals surface area (Å²) in [5, 5.41) is 0.592. The molecule has 1 aromatic carbocycles.